The Morgan fingerprint density at radius 2 is 0.778 bits per heavy atom. The Kier molecular flexibility index (Phi) is 6.90. The fraction of sp³-hybridized carbons (Fsp3) is 0. The molecule has 0 amide bonds. The molecule has 2 nitrogen and oxygen atoms in total. The van der Waals surface area contributed by atoms with Crippen LogP contribution >= 0.6 is 0 Å². The second kappa shape index (κ2) is 12.2. The minimum Gasteiger partial charge on any atom is -0.309 e. The van der Waals surface area contributed by atoms with Crippen LogP contribution in [0.4, 0.5) is 0 Å². The van der Waals surface area contributed by atoms with Gasteiger partial charge in [0.25, 0.3) is 0 Å². The van der Waals surface area contributed by atoms with Gasteiger partial charge in [-0.1, -0.05) is 158 Å². The van der Waals surface area contributed by atoms with E-state index in [4.69, 9.17) is 0 Å². The van der Waals surface area contributed by atoms with Crippen LogP contribution in [0.1, 0.15) is 0 Å². The SMILES string of the molecule is c1ccc(-c2ccccc2-n2c3ccccc3c3ccc(-c4ccc5c6ccccc6n(-c6cccc(-c7ccc8ccccc8c7)c6)c5c4)cc32)cc1. The molecule has 0 saturated carbocycles. The van der Waals surface area contributed by atoms with E-state index in [1.54, 1.807) is 0 Å². The second-order valence-electron chi connectivity index (χ2n) is 14.2. The molecule has 2 heteroatoms. The highest BCUT2D eigenvalue weighted by Gasteiger charge is 2.18. The summed E-state index contributed by atoms with van der Waals surface area (Å²) in [4.78, 5) is 0. The summed E-state index contributed by atoms with van der Waals surface area (Å²) in [7, 11) is 0. The molecule has 0 aliphatic heterocycles. The van der Waals surface area contributed by atoms with E-state index >= 15 is 0 Å². The minimum atomic E-state index is 1.15. The number of rotatable bonds is 5. The van der Waals surface area contributed by atoms with E-state index in [2.05, 4.69) is 215 Å². The number of fused-ring (bicyclic) bond motifs is 7. The number of hydrogen-bond acceptors (Lipinski definition) is 0. The topological polar surface area (TPSA) is 9.86 Å². The van der Waals surface area contributed by atoms with Crippen LogP contribution in [-0.2, 0) is 0 Å². The maximum atomic E-state index is 2.45. The Balaban J connectivity index is 1.10. The molecule has 11 rings (SSSR count). The quantitative estimate of drug-likeness (QED) is 0.171. The lowest BCUT2D eigenvalue weighted by Gasteiger charge is -2.14. The molecule has 0 bridgehead atoms. The van der Waals surface area contributed by atoms with E-state index < -0.39 is 0 Å². The summed E-state index contributed by atoms with van der Waals surface area (Å²) in [5.41, 5.74) is 14.3. The minimum absolute atomic E-state index is 1.15. The van der Waals surface area contributed by atoms with Gasteiger partial charge in [-0.25, -0.2) is 0 Å². The maximum Gasteiger partial charge on any atom is 0.0547 e. The highest BCUT2D eigenvalue weighted by molar-refractivity contribution is 6.12. The summed E-state index contributed by atoms with van der Waals surface area (Å²) < 4.78 is 4.88. The van der Waals surface area contributed by atoms with Crippen molar-refractivity contribution in [1.29, 1.82) is 0 Å². The summed E-state index contributed by atoms with van der Waals surface area (Å²) in [5, 5.41) is 7.51. The average molecular weight is 687 g/mol. The van der Waals surface area contributed by atoms with E-state index in [1.165, 1.54) is 93.5 Å². The van der Waals surface area contributed by atoms with Gasteiger partial charge in [-0.2, -0.15) is 0 Å². The molecule has 0 spiro atoms. The molecule has 0 N–H and O–H groups in total. The lowest BCUT2D eigenvalue weighted by atomic mass is 10.0. The van der Waals surface area contributed by atoms with Crippen LogP contribution in [0.25, 0.3) is 99.1 Å². The van der Waals surface area contributed by atoms with Crippen LogP contribution < -0.4 is 0 Å². The number of aromatic nitrogens is 2. The first-order valence-electron chi connectivity index (χ1n) is 18.6. The third-order valence-electron chi connectivity index (χ3n) is 11.1. The zero-order valence-corrected chi connectivity index (χ0v) is 29.5. The molecule has 0 aliphatic rings. The first-order valence-corrected chi connectivity index (χ1v) is 18.6. The van der Waals surface area contributed by atoms with Crippen molar-refractivity contribution in [2.75, 3.05) is 0 Å². The van der Waals surface area contributed by atoms with Crippen molar-refractivity contribution >= 4 is 54.4 Å². The van der Waals surface area contributed by atoms with Gasteiger partial charge in [0.15, 0.2) is 0 Å². The highest BCUT2D eigenvalue weighted by Crippen LogP contribution is 2.40. The van der Waals surface area contributed by atoms with Gasteiger partial charge in [0.1, 0.15) is 0 Å². The standard InChI is InChI=1S/C52H34N2/c1-2-14-36(15-3-1)43-19-6-9-22-48(43)54-50-24-11-8-21-45(50)47-30-28-41(34-52(47)54)40-27-29-46-44-20-7-10-23-49(44)53(51(46)33-40)42-18-12-17-38(32-42)39-26-25-35-13-4-5-16-37(35)31-39/h1-34H. The van der Waals surface area contributed by atoms with Crippen LogP contribution in [0.2, 0.25) is 0 Å². The monoisotopic (exact) mass is 686 g/mol. The molecule has 2 aromatic heterocycles. The van der Waals surface area contributed by atoms with E-state index in [1.807, 2.05) is 0 Å². The summed E-state index contributed by atoms with van der Waals surface area (Å²) in [6.07, 6.45) is 0. The lowest BCUT2D eigenvalue weighted by molar-refractivity contribution is 1.18. The highest BCUT2D eigenvalue weighted by atomic mass is 15.0. The maximum absolute atomic E-state index is 2.45. The molecule has 0 radical (unpaired) electrons. The first kappa shape index (κ1) is 30.5. The number of para-hydroxylation sites is 3. The van der Waals surface area contributed by atoms with Crippen molar-refractivity contribution in [3.05, 3.63) is 206 Å². The van der Waals surface area contributed by atoms with Gasteiger partial charge in [0.05, 0.1) is 27.8 Å². The number of nitrogens with zero attached hydrogens (tertiary/aromatic N) is 2. The van der Waals surface area contributed by atoms with E-state index in [9.17, 15) is 0 Å². The van der Waals surface area contributed by atoms with Crippen LogP contribution in [0.5, 0.6) is 0 Å². The van der Waals surface area contributed by atoms with Crippen LogP contribution in [0.3, 0.4) is 0 Å². The van der Waals surface area contributed by atoms with Gasteiger partial charge in [0.2, 0.25) is 0 Å². The van der Waals surface area contributed by atoms with E-state index in [0.29, 0.717) is 0 Å². The molecule has 252 valence electrons. The molecule has 9 aromatic carbocycles. The lowest BCUT2D eigenvalue weighted by Crippen LogP contribution is -1.97. The summed E-state index contributed by atoms with van der Waals surface area (Å²) in [6, 6.07) is 75.3. The molecule has 0 saturated heterocycles. The van der Waals surface area contributed by atoms with Crippen molar-refractivity contribution in [2.24, 2.45) is 0 Å². The summed E-state index contributed by atoms with van der Waals surface area (Å²) in [6.45, 7) is 0. The Morgan fingerprint density at radius 3 is 1.54 bits per heavy atom. The smallest absolute Gasteiger partial charge is 0.0547 e. The van der Waals surface area contributed by atoms with Crippen LogP contribution in [0, 0.1) is 0 Å². The molecule has 0 atom stereocenters. The number of hydrogen-bond donors (Lipinski definition) is 0. The zero-order valence-electron chi connectivity index (χ0n) is 29.5. The van der Waals surface area contributed by atoms with Crippen molar-refractivity contribution in [2.45, 2.75) is 0 Å². The predicted octanol–water partition coefficient (Wildman–Crippen LogP) is 14.0. The Bertz CT molecular complexity index is 3220. The predicted molar refractivity (Wildman–Crippen MR) is 229 cm³/mol. The van der Waals surface area contributed by atoms with Gasteiger partial charge >= 0.3 is 0 Å². The van der Waals surface area contributed by atoms with Crippen molar-refractivity contribution in [1.82, 2.24) is 9.13 Å². The zero-order chi connectivity index (χ0) is 35.6. The number of benzene rings is 9. The van der Waals surface area contributed by atoms with E-state index in [0.717, 1.165) is 5.69 Å². The average Bonchev–Trinajstić information content (AvgIpc) is 3.76. The van der Waals surface area contributed by atoms with Gasteiger partial charge in [-0.05, 0) is 87.1 Å². The van der Waals surface area contributed by atoms with Crippen molar-refractivity contribution in [3.63, 3.8) is 0 Å². The fourth-order valence-corrected chi connectivity index (χ4v) is 8.56. The fourth-order valence-electron chi connectivity index (χ4n) is 8.56. The van der Waals surface area contributed by atoms with Gasteiger partial charge in [0, 0.05) is 32.8 Å². The molecule has 54 heavy (non-hydrogen) atoms. The molecule has 11 aromatic rings. The van der Waals surface area contributed by atoms with Crippen molar-refractivity contribution in [3.8, 4) is 44.8 Å². The first-order chi connectivity index (χ1) is 26.8. The summed E-state index contributed by atoms with van der Waals surface area (Å²) >= 11 is 0. The summed E-state index contributed by atoms with van der Waals surface area (Å²) in [5.74, 6) is 0. The third-order valence-corrected chi connectivity index (χ3v) is 11.1. The molecule has 0 unspecified atom stereocenters. The van der Waals surface area contributed by atoms with Crippen molar-refractivity contribution < 1.29 is 0 Å². The molecular weight excluding hydrogens is 653 g/mol. The van der Waals surface area contributed by atoms with Gasteiger partial charge in [-0.15, -0.1) is 0 Å². The molecular formula is C52H34N2. The van der Waals surface area contributed by atoms with Gasteiger partial charge in [-0.3, -0.25) is 0 Å². The van der Waals surface area contributed by atoms with Gasteiger partial charge < -0.3 is 9.13 Å². The Labute approximate surface area is 313 Å². The van der Waals surface area contributed by atoms with Crippen LogP contribution in [0.15, 0.2) is 206 Å². The normalized spacial score (nSPS) is 11.7. The Hall–Kier alpha value is -7.16. The Morgan fingerprint density at radius 1 is 0.259 bits per heavy atom. The second-order valence-corrected chi connectivity index (χ2v) is 14.2. The molecule has 2 heterocycles. The molecule has 0 fully saturated rings. The van der Waals surface area contributed by atoms with Crippen LogP contribution in [-0.4, -0.2) is 9.13 Å². The largest absolute Gasteiger partial charge is 0.309 e. The van der Waals surface area contributed by atoms with E-state index in [-0.39, 0.29) is 0 Å². The molecule has 0 aliphatic carbocycles. The third kappa shape index (κ3) is 4.81.